The maximum absolute atomic E-state index is 14.1. The number of alkyl halides is 3. The summed E-state index contributed by atoms with van der Waals surface area (Å²) in [5, 5.41) is 2.63. The van der Waals surface area contributed by atoms with Crippen molar-refractivity contribution in [2.75, 3.05) is 44.6 Å². The van der Waals surface area contributed by atoms with Crippen LogP contribution in [-0.2, 0) is 19.3 Å². The number of imidazole rings is 1. The number of likely N-dealkylation sites (N-methyl/N-ethyl adjacent to an activating group) is 1. The van der Waals surface area contributed by atoms with E-state index in [4.69, 9.17) is 4.74 Å². The van der Waals surface area contributed by atoms with E-state index in [0.717, 1.165) is 37.0 Å². The number of halogens is 3. The lowest BCUT2D eigenvalue weighted by molar-refractivity contribution is -0.138. The summed E-state index contributed by atoms with van der Waals surface area (Å²) in [4.78, 5) is 49.0. The van der Waals surface area contributed by atoms with Crippen LogP contribution in [-0.4, -0.2) is 84.9 Å². The third kappa shape index (κ3) is 6.63. The molecule has 2 aliphatic heterocycles. The summed E-state index contributed by atoms with van der Waals surface area (Å²) in [5.41, 5.74) is 0.985. The Labute approximate surface area is 256 Å². The molecule has 0 saturated carbocycles. The molecule has 15 heteroatoms. The number of nitrogens with zero attached hydrogens (tertiary/aromatic N) is 6. The van der Waals surface area contributed by atoms with Gasteiger partial charge in [-0.25, -0.2) is 14.6 Å². The van der Waals surface area contributed by atoms with Crippen molar-refractivity contribution in [2.45, 2.75) is 45.5 Å². The first-order chi connectivity index (χ1) is 21.6. The van der Waals surface area contributed by atoms with Crippen molar-refractivity contribution in [3.05, 3.63) is 69.8 Å². The number of hydrogen-bond donors (Lipinski definition) is 3. The number of rotatable bonds is 7. The Balaban J connectivity index is 1.18. The van der Waals surface area contributed by atoms with Gasteiger partial charge in [-0.3, -0.25) is 19.9 Å². The number of urea groups is 1. The second-order valence-corrected chi connectivity index (χ2v) is 11.3. The fourth-order valence-corrected chi connectivity index (χ4v) is 5.88. The summed E-state index contributed by atoms with van der Waals surface area (Å²) in [6.07, 6.45) is 0.450. The van der Waals surface area contributed by atoms with Gasteiger partial charge in [0.25, 0.3) is 0 Å². The molecule has 2 amide bonds. The molecule has 1 unspecified atom stereocenters. The van der Waals surface area contributed by atoms with Crippen LogP contribution in [0.4, 0.5) is 23.7 Å². The van der Waals surface area contributed by atoms with Gasteiger partial charge >= 0.3 is 17.9 Å². The molecule has 0 radical (unpaired) electrons. The van der Waals surface area contributed by atoms with Crippen LogP contribution < -0.4 is 15.7 Å². The van der Waals surface area contributed by atoms with Crippen molar-refractivity contribution in [2.24, 2.45) is 0 Å². The molecule has 0 aromatic carbocycles. The summed E-state index contributed by atoms with van der Waals surface area (Å²) in [5.74, 6) is 0.685. The molecule has 12 nitrogen and oxygen atoms in total. The van der Waals surface area contributed by atoms with Gasteiger partial charge in [-0.2, -0.15) is 13.2 Å². The van der Waals surface area contributed by atoms with Gasteiger partial charge in [-0.1, -0.05) is 13.8 Å². The van der Waals surface area contributed by atoms with Crippen LogP contribution in [0.2, 0.25) is 0 Å². The molecular weight excluding hydrogens is 591 g/mol. The number of aromatic amines is 2. The SMILES string of the molecule is CCC1CN(C(=O)Nc2cnc(CN3CCN(CC)CC3)c(C(F)(F)F)c2)Cc2cc(Oc3ccnc4[nH]c(=O)[nH]c34)cnc21. The average molecular weight is 626 g/mol. The van der Waals surface area contributed by atoms with Gasteiger partial charge in [0.1, 0.15) is 11.3 Å². The number of fused-ring (bicyclic) bond motifs is 2. The van der Waals surface area contributed by atoms with Crippen molar-refractivity contribution in [1.82, 2.24) is 39.6 Å². The van der Waals surface area contributed by atoms with E-state index in [1.807, 2.05) is 11.8 Å². The van der Waals surface area contributed by atoms with Crippen LogP contribution in [0, 0.1) is 0 Å². The first-order valence-electron chi connectivity index (χ1n) is 14.9. The lowest BCUT2D eigenvalue weighted by atomic mass is 9.92. The van der Waals surface area contributed by atoms with Gasteiger partial charge in [0.15, 0.2) is 11.4 Å². The summed E-state index contributed by atoms with van der Waals surface area (Å²) < 4.78 is 48.3. The van der Waals surface area contributed by atoms with Crippen LogP contribution in [0.15, 0.2) is 41.6 Å². The number of carbonyl (C=O) groups is 1. The Hall–Kier alpha value is -4.50. The molecule has 1 saturated heterocycles. The molecular formula is C30H34F3N9O3. The molecule has 3 N–H and O–H groups in total. The van der Waals surface area contributed by atoms with E-state index in [1.165, 1.54) is 12.4 Å². The summed E-state index contributed by atoms with van der Waals surface area (Å²) >= 11 is 0. The maximum atomic E-state index is 14.1. The van der Waals surface area contributed by atoms with Crippen LogP contribution in [0.3, 0.4) is 0 Å². The lowest BCUT2D eigenvalue weighted by Gasteiger charge is -2.34. The molecule has 0 aliphatic carbocycles. The normalized spacial score (nSPS) is 17.8. The smallest absolute Gasteiger partial charge is 0.418 e. The molecule has 1 atom stereocenters. The number of ether oxygens (including phenoxy) is 1. The van der Waals surface area contributed by atoms with Crippen LogP contribution >= 0.6 is 0 Å². The van der Waals surface area contributed by atoms with Gasteiger partial charge in [0, 0.05) is 64.0 Å². The van der Waals surface area contributed by atoms with E-state index in [9.17, 15) is 22.8 Å². The largest absolute Gasteiger partial charge is 0.453 e. The minimum Gasteiger partial charge on any atom is -0.453 e. The Morgan fingerprint density at radius 1 is 1.07 bits per heavy atom. The highest BCUT2D eigenvalue weighted by molar-refractivity contribution is 5.89. The molecule has 2 aliphatic rings. The number of H-pyrrole nitrogens is 2. The molecule has 238 valence electrons. The van der Waals surface area contributed by atoms with Crippen molar-refractivity contribution in [3.8, 4) is 11.5 Å². The van der Waals surface area contributed by atoms with E-state index in [2.05, 4.69) is 42.1 Å². The van der Waals surface area contributed by atoms with Gasteiger partial charge in [0.05, 0.1) is 35.0 Å². The van der Waals surface area contributed by atoms with Crippen molar-refractivity contribution in [1.29, 1.82) is 0 Å². The quantitative estimate of drug-likeness (QED) is 0.273. The number of anilines is 1. The minimum absolute atomic E-state index is 0.0249. The third-order valence-electron chi connectivity index (χ3n) is 8.37. The standard InChI is InChI=1S/C30H34F3N9O3/c1-3-18-15-42(16-19-11-21(14-36-25(18)19)45-24-5-6-34-27-26(24)38-28(43)39-27)29(44)37-20-12-22(30(31,32)33)23(35-13-20)17-41-9-7-40(4-2)8-10-41/h5-6,11-14,18H,3-4,7-10,15-17H2,1-2H3,(H,37,44)(H2,34,38,39,43). The average Bonchev–Trinajstić information content (AvgIpc) is 3.42. The fourth-order valence-electron chi connectivity index (χ4n) is 5.88. The van der Waals surface area contributed by atoms with E-state index in [0.29, 0.717) is 48.7 Å². The molecule has 4 aromatic rings. The third-order valence-corrected chi connectivity index (χ3v) is 8.37. The Morgan fingerprint density at radius 2 is 1.84 bits per heavy atom. The molecule has 0 bridgehead atoms. The molecule has 4 aromatic heterocycles. The Bertz CT molecular complexity index is 1750. The van der Waals surface area contributed by atoms with E-state index in [1.54, 1.807) is 23.2 Å². The summed E-state index contributed by atoms with van der Waals surface area (Å²) in [6.45, 7) is 8.50. The number of pyridine rings is 3. The second kappa shape index (κ2) is 12.5. The predicted octanol–water partition coefficient (Wildman–Crippen LogP) is 4.53. The zero-order valence-electron chi connectivity index (χ0n) is 24.9. The van der Waals surface area contributed by atoms with Crippen LogP contribution in [0.5, 0.6) is 11.5 Å². The topological polar surface area (TPSA) is 135 Å². The highest BCUT2D eigenvalue weighted by Crippen LogP contribution is 2.35. The first-order valence-corrected chi connectivity index (χ1v) is 14.9. The Kier molecular flexibility index (Phi) is 8.46. The van der Waals surface area contributed by atoms with Gasteiger partial charge in [-0.15, -0.1) is 0 Å². The number of aromatic nitrogens is 5. The van der Waals surface area contributed by atoms with Crippen molar-refractivity contribution in [3.63, 3.8) is 0 Å². The zero-order valence-corrected chi connectivity index (χ0v) is 24.9. The van der Waals surface area contributed by atoms with Crippen LogP contribution in [0.25, 0.3) is 11.2 Å². The molecule has 1 fully saturated rings. The summed E-state index contributed by atoms with van der Waals surface area (Å²) in [7, 11) is 0. The molecule has 45 heavy (non-hydrogen) atoms. The number of carbonyl (C=O) groups excluding carboxylic acids is 1. The van der Waals surface area contributed by atoms with Crippen LogP contribution in [0.1, 0.15) is 48.7 Å². The molecule has 6 heterocycles. The van der Waals surface area contributed by atoms with E-state index >= 15 is 0 Å². The second-order valence-electron chi connectivity index (χ2n) is 11.3. The Morgan fingerprint density at radius 3 is 2.58 bits per heavy atom. The van der Waals surface area contributed by atoms with E-state index in [-0.39, 0.29) is 30.4 Å². The van der Waals surface area contributed by atoms with Gasteiger partial charge < -0.3 is 24.8 Å². The monoisotopic (exact) mass is 625 g/mol. The summed E-state index contributed by atoms with van der Waals surface area (Å²) in [6, 6.07) is 3.82. The fraction of sp³-hybridized carbons (Fsp3) is 0.433. The number of amides is 2. The van der Waals surface area contributed by atoms with Crippen molar-refractivity contribution < 1.29 is 22.7 Å². The number of nitrogens with one attached hydrogen (secondary N) is 3. The van der Waals surface area contributed by atoms with Gasteiger partial charge in [0.2, 0.25) is 0 Å². The number of piperazine rings is 1. The highest BCUT2D eigenvalue weighted by Gasteiger charge is 2.36. The first kappa shape index (κ1) is 30.5. The maximum Gasteiger partial charge on any atom is 0.418 e. The zero-order chi connectivity index (χ0) is 31.7. The van der Waals surface area contributed by atoms with Gasteiger partial charge in [-0.05, 0) is 30.7 Å². The number of hydrogen-bond acceptors (Lipinski definition) is 8. The lowest BCUT2D eigenvalue weighted by Crippen LogP contribution is -2.45. The minimum atomic E-state index is -4.62. The molecule has 0 spiro atoms. The predicted molar refractivity (Wildman–Crippen MR) is 160 cm³/mol. The van der Waals surface area contributed by atoms with Crippen molar-refractivity contribution >= 4 is 22.9 Å². The van der Waals surface area contributed by atoms with E-state index < -0.39 is 23.5 Å². The molecule has 6 rings (SSSR count). The highest BCUT2D eigenvalue weighted by atomic mass is 19.4.